The highest BCUT2D eigenvalue weighted by Crippen LogP contribution is 2.19. The summed E-state index contributed by atoms with van der Waals surface area (Å²) >= 11 is 5.71. The second kappa shape index (κ2) is 6.31. The topological polar surface area (TPSA) is 96.4 Å². The SMILES string of the molecule is CCC(C)[C@H](NS(=O)(=O)c1cccnc1Cl)C(=O)O. The molecule has 2 atom stereocenters. The first-order chi connectivity index (χ1) is 8.79. The Morgan fingerprint density at radius 2 is 2.21 bits per heavy atom. The minimum atomic E-state index is -4.02. The van der Waals surface area contributed by atoms with Crippen molar-refractivity contribution in [1.29, 1.82) is 0 Å². The number of hydrogen-bond acceptors (Lipinski definition) is 4. The Balaban J connectivity index is 3.08. The summed E-state index contributed by atoms with van der Waals surface area (Å²) in [7, 11) is -4.02. The fourth-order valence-corrected chi connectivity index (χ4v) is 3.20. The zero-order valence-electron chi connectivity index (χ0n) is 10.5. The number of rotatable bonds is 6. The van der Waals surface area contributed by atoms with Crippen LogP contribution in [0.1, 0.15) is 20.3 Å². The van der Waals surface area contributed by atoms with Gasteiger partial charge < -0.3 is 5.11 Å². The molecule has 0 amide bonds. The van der Waals surface area contributed by atoms with Crippen LogP contribution in [0.25, 0.3) is 0 Å². The molecule has 0 aliphatic heterocycles. The molecule has 19 heavy (non-hydrogen) atoms. The third kappa shape index (κ3) is 3.89. The molecule has 106 valence electrons. The van der Waals surface area contributed by atoms with Crippen molar-refractivity contribution in [3.05, 3.63) is 23.5 Å². The van der Waals surface area contributed by atoms with E-state index in [0.717, 1.165) is 0 Å². The van der Waals surface area contributed by atoms with E-state index in [0.29, 0.717) is 6.42 Å². The molecule has 1 unspecified atom stereocenters. The number of nitrogens with zero attached hydrogens (tertiary/aromatic N) is 1. The first-order valence-electron chi connectivity index (χ1n) is 5.65. The van der Waals surface area contributed by atoms with Crippen molar-refractivity contribution in [2.45, 2.75) is 31.2 Å². The second-order valence-corrected chi connectivity index (χ2v) is 6.16. The van der Waals surface area contributed by atoms with E-state index in [1.165, 1.54) is 18.3 Å². The van der Waals surface area contributed by atoms with Gasteiger partial charge in [0.2, 0.25) is 10.0 Å². The summed E-state index contributed by atoms with van der Waals surface area (Å²) in [5.74, 6) is -1.57. The van der Waals surface area contributed by atoms with E-state index in [-0.39, 0.29) is 16.0 Å². The van der Waals surface area contributed by atoms with Crippen molar-refractivity contribution in [1.82, 2.24) is 9.71 Å². The number of pyridine rings is 1. The molecule has 2 N–H and O–H groups in total. The number of nitrogens with one attached hydrogen (secondary N) is 1. The molecule has 0 saturated carbocycles. The minimum Gasteiger partial charge on any atom is -0.480 e. The van der Waals surface area contributed by atoms with Gasteiger partial charge in [-0.15, -0.1) is 0 Å². The first-order valence-corrected chi connectivity index (χ1v) is 7.51. The predicted molar refractivity (Wildman–Crippen MR) is 70.4 cm³/mol. The molecule has 1 heterocycles. The molecule has 6 nitrogen and oxygen atoms in total. The smallest absolute Gasteiger partial charge is 0.322 e. The molecule has 0 fully saturated rings. The average Bonchev–Trinajstić information content (AvgIpc) is 2.35. The summed E-state index contributed by atoms with van der Waals surface area (Å²) in [4.78, 5) is 14.5. The van der Waals surface area contributed by atoms with Crippen LogP contribution in [0.2, 0.25) is 5.15 Å². The molecule has 1 aromatic rings. The normalized spacial score (nSPS) is 14.9. The van der Waals surface area contributed by atoms with Crippen LogP contribution in [-0.4, -0.2) is 30.5 Å². The van der Waals surface area contributed by atoms with Gasteiger partial charge in [-0.2, -0.15) is 4.72 Å². The van der Waals surface area contributed by atoms with Crippen LogP contribution in [0.3, 0.4) is 0 Å². The Bertz CT molecular complexity index is 562. The van der Waals surface area contributed by atoms with Gasteiger partial charge in [-0.25, -0.2) is 13.4 Å². The Kier molecular flexibility index (Phi) is 5.28. The van der Waals surface area contributed by atoms with E-state index < -0.39 is 22.0 Å². The first kappa shape index (κ1) is 15.9. The quantitative estimate of drug-likeness (QED) is 0.777. The lowest BCUT2D eigenvalue weighted by Crippen LogP contribution is -2.44. The Labute approximate surface area is 116 Å². The third-order valence-corrected chi connectivity index (χ3v) is 4.66. The van der Waals surface area contributed by atoms with Gasteiger partial charge in [0.15, 0.2) is 0 Å². The van der Waals surface area contributed by atoms with Gasteiger partial charge in [0.1, 0.15) is 16.1 Å². The molecule has 0 aromatic carbocycles. The van der Waals surface area contributed by atoms with Crippen LogP contribution in [0.4, 0.5) is 0 Å². The summed E-state index contributed by atoms with van der Waals surface area (Å²) in [5, 5.41) is 8.89. The van der Waals surface area contributed by atoms with Crippen molar-refractivity contribution in [3.63, 3.8) is 0 Å². The van der Waals surface area contributed by atoms with Gasteiger partial charge in [0.25, 0.3) is 0 Å². The van der Waals surface area contributed by atoms with Crippen molar-refractivity contribution in [2.24, 2.45) is 5.92 Å². The monoisotopic (exact) mass is 306 g/mol. The van der Waals surface area contributed by atoms with Crippen LogP contribution in [0, 0.1) is 5.92 Å². The molecule has 1 rings (SSSR count). The second-order valence-electron chi connectivity index (χ2n) is 4.12. The summed E-state index contributed by atoms with van der Waals surface area (Å²) in [6.07, 6.45) is 1.88. The van der Waals surface area contributed by atoms with Gasteiger partial charge in [-0.05, 0) is 18.1 Å². The Morgan fingerprint density at radius 1 is 1.58 bits per heavy atom. The van der Waals surface area contributed by atoms with Gasteiger partial charge in [-0.1, -0.05) is 31.9 Å². The molecule has 0 bridgehead atoms. The highest BCUT2D eigenvalue weighted by Gasteiger charge is 2.30. The third-order valence-electron chi connectivity index (χ3n) is 2.78. The number of hydrogen-bond donors (Lipinski definition) is 2. The summed E-state index contributed by atoms with van der Waals surface area (Å²) in [6.45, 7) is 3.44. The lowest BCUT2D eigenvalue weighted by atomic mass is 10.0. The van der Waals surface area contributed by atoms with Crippen molar-refractivity contribution >= 4 is 27.6 Å². The number of carboxylic acid groups (broad SMARTS) is 1. The molecule has 8 heteroatoms. The van der Waals surface area contributed by atoms with E-state index in [1.54, 1.807) is 13.8 Å². The van der Waals surface area contributed by atoms with E-state index in [4.69, 9.17) is 16.7 Å². The lowest BCUT2D eigenvalue weighted by molar-refractivity contribution is -0.140. The summed E-state index contributed by atoms with van der Waals surface area (Å²) in [6, 6.07) is 1.48. The zero-order valence-corrected chi connectivity index (χ0v) is 12.1. The Hall–Kier alpha value is -1.18. The zero-order chi connectivity index (χ0) is 14.6. The molecule has 0 spiro atoms. The van der Waals surface area contributed by atoms with Crippen molar-refractivity contribution in [2.75, 3.05) is 0 Å². The van der Waals surface area contributed by atoms with E-state index in [1.807, 2.05) is 0 Å². The molecule has 0 aliphatic carbocycles. The maximum Gasteiger partial charge on any atom is 0.322 e. The van der Waals surface area contributed by atoms with Gasteiger partial charge >= 0.3 is 5.97 Å². The number of carbonyl (C=O) groups is 1. The number of carboxylic acids is 1. The molecular weight excluding hydrogens is 292 g/mol. The number of aromatic nitrogens is 1. The molecular formula is C11H15ClN2O4S. The Morgan fingerprint density at radius 3 is 2.68 bits per heavy atom. The predicted octanol–water partition coefficient (Wildman–Crippen LogP) is 1.51. The standard InChI is InChI=1S/C11H15ClN2O4S/c1-3-7(2)9(11(15)16)14-19(17,18)8-5-4-6-13-10(8)12/h4-7,9,14H,3H2,1-2H3,(H,15,16)/t7?,9-/m0/s1. The fourth-order valence-electron chi connectivity index (χ4n) is 1.45. The highest BCUT2D eigenvalue weighted by molar-refractivity contribution is 7.89. The largest absolute Gasteiger partial charge is 0.480 e. The molecule has 0 radical (unpaired) electrons. The highest BCUT2D eigenvalue weighted by atomic mass is 35.5. The maximum absolute atomic E-state index is 12.1. The maximum atomic E-state index is 12.1. The molecule has 1 aromatic heterocycles. The van der Waals surface area contributed by atoms with Crippen molar-refractivity contribution < 1.29 is 18.3 Å². The van der Waals surface area contributed by atoms with E-state index in [9.17, 15) is 13.2 Å². The van der Waals surface area contributed by atoms with Crippen LogP contribution < -0.4 is 4.72 Å². The number of sulfonamides is 1. The van der Waals surface area contributed by atoms with Gasteiger partial charge in [0.05, 0.1) is 0 Å². The van der Waals surface area contributed by atoms with E-state index >= 15 is 0 Å². The molecule has 0 saturated heterocycles. The average molecular weight is 307 g/mol. The fraction of sp³-hybridized carbons (Fsp3) is 0.455. The lowest BCUT2D eigenvalue weighted by Gasteiger charge is -2.20. The number of halogens is 1. The van der Waals surface area contributed by atoms with Crippen molar-refractivity contribution in [3.8, 4) is 0 Å². The minimum absolute atomic E-state index is 0.191. The number of aliphatic carboxylic acids is 1. The van der Waals surface area contributed by atoms with Crippen LogP contribution in [-0.2, 0) is 14.8 Å². The van der Waals surface area contributed by atoms with Crippen LogP contribution in [0.5, 0.6) is 0 Å². The van der Waals surface area contributed by atoms with Gasteiger partial charge in [0, 0.05) is 6.20 Å². The van der Waals surface area contributed by atoms with Crippen LogP contribution in [0.15, 0.2) is 23.2 Å². The van der Waals surface area contributed by atoms with Crippen LogP contribution >= 0.6 is 11.6 Å². The van der Waals surface area contributed by atoms with E-state index in [2.05, 4.69) is 9.71 Å². The van der Waals surface area contributed by atoms with Gasteiger partial charge in [-0.3, -0.25) is 4.79 Å². The molecule has 0 aliphatic rings. The summed E-state index contributed by atoms with van der Waals surface area (Å²) in [5.41, 5.74) is 0. The summed E-state index contributed by atoms with van der Waals surface area (Å²) < 4.78 is 26.3.